The van der Waals surface area contributed by atoms with Crippen LogP contribution in [0.4, 0.5) is 10.1 Å². The van der Waals surface area contributed by atoms with E-state index in [1.165, 1.54) is 41.3 Å². The van der Waals surface area contributed by atoms with Gasteiger partial charge in [0.1, 0.15) is 11.9 Å². The lowest BCUT2D eigenvalue weighted by atomic mass is 10.1. The first-order valence-corrected chi connectivity index (χ1v) is 11.7. The van der Waals surface area contributed by atoms with Crippen LogP contribution in [0.25, 0.3) is 0 Å². The van der Waals surface area contributed by atoms with E-state index in [0.717, 1.165) is 23.3 Å². The summed E-state index contributed by atoms with van der Waals surface area (Å²) in [4.78, 5) is 41.1. The van der Waals surface area contributed by atoms with Crippen molar-refractivity contribution in [2.45, 2.75) is 36.6 Å². The largest absolute Gasteiger partial charge is 0.330 e. The minimum Gasteiger partial charge on any atom is -0.330 e. The maximum Gasteiger partial charge on any atom is 0.257 e. The Kier molecular flexibility index (Phi) is 5.83. The Balaban J connectivity index is 1.53. The summed E-state index contributed by atoms with van der Waals surface area (Å²) in [5.41, 5.74) is 1.03. The summed E-state index contributed by atoms with van der Waals surface area (Å²) in [7, 11) is -3.80. The third-order valence-corrected chi connectivity index (χ3v) is 6.62. The maximum atomic E-state index is 13.2. The first-order valence-electron chi connectivity index (χ1n) is 10.2. The first kappa shape index (κ1) is 22.1. The van der Waals surface area contributed by atoms with Gasteiger partial charge >= 0.3 is 0 Å². The van der Waals surface area contributed by atoms with Crippen LogP contribution in [0.1, 0.15) is 24.8 Å². The molecule has 2 aromatic rings. The molecule has 1 saturated heterocycles. The molecule has 0 spiro atoms. The molecule has 4 rings (SSSR count). The first-order chi connectivity index (χ1) is 15.1. The summed E-state index contributed by atoms with van der Waals surface area (Å²) in [6.45, 7) is 0.199. The third-order valence-electron chi connectivity index (χ3n) is 5.69. The van der Waals surface area contributed by atoms with Gasteiger partial charge in [-0.25, -0.2) is 22.8 Å². The van der Waals surface area contributed by atoms with Crippen molar-refractivity contribution in [3.8, 4) is 0 Å². The van der Waals surface area contributed by atoms with Gasteiger partial charge in [0.2, 0.25) is 21.8 Å². The standard InChI is InChI=1S/C22H22FN3O5S/c23-16-5-7-17(8-6-16)26-20(27)13-19(22(26)29)25(21(28)15-3-4-15)12-11-14-1-9-18(10-2-14)32(24,30)31/h1-2,5-10,15,19H,3-4,11-13H2,(H2,24,30,31). The zero-order valence-electron chi connectivity index (χ0n) is 17.1. The monoisotopic (exact) mass is 459 g/mol. The highest BCUT2D eigenvalue weighted by molar-refractivity contribution is 7.89. The van der Waals surface area contributed by atoms with Gasteiger partial charge in [-0.05, 0) is 61.2 Å². The van der Waals surface area contributed by atoms with Crippen molar-refractivity contribution in [2.24, 2.45) is 11.1 Å². The highest BCUT2D eigenvalue weighted by Gasteiger charge is 2.46. The Morgan fingerprint density at radius 2 is 1.69 bits per heavy atom. The number of carbonyl (C=O) groups excluding carboxylic acids is 3. The van der Waals surface area contributed by atoms with E-state index in [0.29, 0.717) is 6.42 Å². The van der Waals surface area contributed by atoms with Crippen molar-refractivity contribution in [1.82, 2.24) is 4.90 Å². The lowest BCUT2D eigenvalue weighted by molar-refractivity contribution is -0.139. The molecule has 1 saturated carbocycles. The molecule has 0 aromatic heterocycles. The number of imide groups is 1. The normalized spacial score (nSPS) is 18.8. The van der Waals surface area contributed by atoms with Crippen LogP contribution in [0.5, 0.6) is 0 Å². The molecule has 1 aliphatic carbocycles. The molecule has 1 atom stereocenters. The quantitative estimate of drug-likeness (QED) is 0.631. The molecule has 2 aliphatic rings. The molecule has 1 unspecified atom stereocenters. The number of benzene rings is 2. The number of carbonyl (C=O) groups is 3. The molecule has 1 heterocycles. The Morgan fingerprint density at radius 3 is 2.25 bits per heavy atom. The molecule has 3 amide bonds. The molecule has 10 heteroatoms. The second-order valence-corrected chi connectivity index (χ2v) is 9.57. The van der Waals surface area contributed by atoms with Crippen LogP contribution < -0.4 is 10.0 Å². The van der Waals surface area contributed by atoms with Crippen molar-refractivity contribution in [3.05, 3.63) is 59.9 Å². The van der Waals surface area contributed by atoms with Crippen molar-refractivity contribution >= 4 is 33.4 Å². The lowest BCUT2D eigenvalue weighted by Crippen LogP contribution is -2.47. The van der Waals surface area contributed by atoms with Gasteiger partial charge in [-0.15, -0.1) is 0 Å². The zero-order valence-corrected chi connectivity index (χ0v) is 17.9. The second-order valence-electron chi connectivity index (χ2n) is 8.01. The third kappa shape index (κ3) is 4.56. The number of primary sulfonamides is 1. The molecule has 0 radical (unpaired) electrons. The van der Waals surface area contributed by atoms with E-state index in [-0.39, 0.29) is 35.4 Å². The number of amides is 3. The molecule has 0 bridgehead atoms. The van der Waals surface area contributed by atoms with E-state index in [4.69, 9.17) is 5.14 Å². The number of rotatable bonds is 7. The van der Waals surface area contributed by atoms with Gasteiger partial charge in [-0.2, -0.15) is 0 Å². The van der Waals surface area contributed by atoms with E-state index in [1.54, 1.807) is 12.1 Å². The summed E-state index contributed by atoms with van der Waals surface area (Å²) >= 11 is 0. The lowest BCUT2D eigenvalue weighted by Gasteiger charge is -2.28. The Labute approximate surface area is 184 Å². The molecular formula is C22H22FN3O5S. The Morgan fingerprint density at radius 1 is 1.06 bits per heavy atom. The maximum absolute atomic E-state index is 13.2. The van der Waals surface area contributed by atoms with Crippen LogP contribution in [0.3, 0.4) is 0 Å². The number of halogens is 1. The molecule has 2 N–H and O–H groups in total. The van der Waals surface area contributed by atoms with Crippen molar-refractivity contribution in [3.63, 3.8) is 0 Å². The van der Waals surface area contributed by atoms with Crippen molar-refractivity contribution in [1.29, 1.82) is 0 Å². The van der Waals surface area contributed by atoms with Gasteiger partial charge in [0.15, 0.2) is 0 Å². The summed E-state index contributed by atoms with van der Waals surface area (Å²) in [5.74, 6) is -1.76. The molecule has 2 fully saturated rings. The summed E-state index contributed by atoms with van der Waals surface area (Å²) < 4.78 is 36.1. The van der Waals surface area contributed by atoms with Gasteiger partial charge in [0.05, 0.1) is 17.0 Å². The fourth-order valence-electron chi connectivity index (χ4n) is 3.80. The second kappa shape index (κ2) is 8.44. The SMILES string of the molecule is NS(=O)(=O)c1ccc(CCN(C(=O)C2CC2)C2CC(=O)N(c3ccc(F)cc3)C2=O)cc1. The van der Waals surface area contributed by atoms with Gasteiger partial charge < -0.3 is 4.90 Å². The Hall–Kier alpha value is -3.11. The minimum atomic E-state index is -3.80. The van der Waals surface area contributed by atoms with Crippen LogP contribution >= 0.6 is 0 Å². The minimum absolute atomic E-state index is 0.0151. The van der Waals surface area contributed by atoms with Crippen molar-refractivity contribution in [2.75, 3.05) is 11.4 Å². The highest BCUT2D eigenvalue weighted by Crippen LogP contribution is 2.34. The molecule has 8 nitrogen and oxygen atoms in total. The summed E-state index contributed by atoms with van der Waals surface area (Å²) in [6.07, 6.45) is 1.72. The summed E-state index contributed by atoms with van der Waals surface area (Å²) in [5, 5.41) is 5.11. The van der Waals surface area contributed by atoms with Crippen LogP contribution in [0, 0.1) is 11.7 Å². The van der Waals surface area contributed by atoms with E-state index in [1.807, 2.05) is 0 Å². The van der Waals surface area contributed by atoms with Gasteiger partial charge in [0, 0.05) is 12.5 Å². The predicted octanol–water partition coefficient (Wildman–Crippen LogP) is 1.59. The number of hydrogen-bond acceptors (Lipinski definition) is 5. The fraction of sp³-hybridized carbons (Fsp3) is 0.318. The zero-order chi connectivity index (χ0) is 23.0. The number of nitrogens with zero attached hydrogens (tertiary/aromatic N) is 2. The van der Waals surface area contributed by atoms with E-state index in [2.05, 4.69) is 0 Å². The van der Waals surface area contributed by atoms with E-state index in [9.17, 15) is 27.2 Å². The van der Waals surface area contributed by atoms with Gasteiger partial charge in [0.25, 0.3) is 5.91 Å². The summed E-state index contributed by atoms with van der Waals surface area (Å²) in [6, 6.07) is 10.1. The fourth-order valence-corrected chi connectivity index (χ4v) is 4.32. The average molecular weight is 459 g/mol. The molecule has 1 aliphatic heterocycles. The molecular weight excluding hydrogens is 437 g/mol. The van der Waals surface area contributed by atoms with Crippen LogP contribution in [0.15, 0.2) is 53.4 Å². The number of anilines is 1. The molecule has 168 valence electrons. The average Bonchev–Trinajstić information content (AvgIpc) is 3.55. The van der Waals surface area contributed by atoms with Crippen LogP contribution in [-0.2, 0) is 30.8 Å². The highest BCUT2D eigenvalue weighted by atomic mass is 32.2. The van der Waals surface area contributed by atoms with Crippen LogP contribution in [-0.4, -0.2) is 43.6 Å². The predicted molar refractivity (Wildman–Crippen MR) is 113 cm³/mol. The number of sulfonamides is 1. The van der Waals surface area contributed by atoms with E-state index >= 15 is 0 Å². The molecule has 2 aromatic carbocycles. The van der Waals surface area contributed by atoms with Crippen LogP contribution in [0.2, 0.25) is 0 Å². The number of hydrogen-bond donors (Lipinski definition) is 1. The van der Waals surface area contributed by atoms with Crippen molar-refractivity contribution < 1.29 is 27.2 Å². The van der Waals surface area contributed by atoms with Gasteiger partial charge in [-0.3, -0.25) is 14.4 Å². The van der Waals surface area contributed by atoms with E-state index < -0.39 is 33.7 Å². The topological polar surface area (TPSA) is 118 Å². The number of nitrogens with two attached hydrogens (primary N) is 1. The van der Waals surface area contributed by atoms with Gasteiger partial charge in [-0.1, -0.05) is 12.1 Å². The molecule has 32 heavy (non-hydrogen) atoms. The smallest absolute Gasteiger partial charge is 0.257 e. The Bertz CT molecular complexity index is 1160.